The third-order valence-corrected chi connectivity index (χ3v) is 8.02. The van der Waals surface area contributed by atoms with Crippen molar-refractivity contribution in [2.75, 3.05) is 35.4 Å². The highest BCUT2D eigenvalue weighted by atomic mass is 32.2. The number of sulfone groups is 1. The van der Waals surface area contributed by atoms with E-state index >= 15 is 0 Å². The fourth-order valence-electron chi connectivity index (χ4n) is 3.32. The second-order valence-electron chi connectivity index (χ2n) is 7.95. The number of hydrogen-bond donors (Lipinski definition) is 2. The molecule has 0 spiro atoms. The number of nitrogens with one attached hydrogen (secondary N) is 2. The predicted octanol–water partition coefficient (Wildman–Crippen LogP) is 4.60. The van der Waals surface area contributed by atoms with E-state index in [0.29, 0.717) is 23.0 Å². The zero-order chi connectivity index (χ0) is 28.1. The average molecular weight is 572 g/mol. The highest BCUT2D eigenvalue weighted by molar-refractivity contribution is 8.04. The Morgan fingerprint density at radius 1 is 0.846 bits per heavy atom. The summed E-state index contributed by atoms with van der Waals surface area (Å²) in [4.78, 5) is 27.8. The van der Waals surface area contributed by atoms with Gasteiger partial charge in [-0.3, -0.25) is 9.59 Å². The van der Waals surface area contributed by atoms with Gasteiger partial charge in [-0.2, -0.15) is 0 Å². The molecule has 0 aliphatic carbocycles. The van der Waals surface area contributed by atoms with E-state index < -0.39 is 15.7 Å². The number of oxazole rings is 1. The second-order valence-corrected chi connectivity index (χ2v) is 11.1. The van der Waals surface area contributed by atoms with Crippen molar-refractivity contribution in [3.05, 3.63) is 101 Å². The smallest absolute Gasteiger partial charge is 0.270 e. The van der Waals surface area contributed by atoms with Crippen molar-refractivity contribution in [2.24, 2.45) is 0 Å². The maximum absolute atomic E-state index is 12.0. The van der Waals surface area contributed by atoms with E-state index in [1.165, 1.54) is 19.6 Å². The van der Waals surface area contributed by atoms with Gasteiger partial charge in [-0.15, -0.1) is 11.8 Å². The Morgan fingerprint density at radius 2 is 1.44 bits per heavy atom. The summed E-state index contributed by atoms with van der Waals surface area (Å²) >= 11 is 1.54. The molecule has 39 heavy (non-hydrogen) atoms. The molecule has 10 nitrogen and oxygen atoms in total. The molecule has 206 valence electrons. The predicted molar refractivity (Wildman–Crippen MR) is 150 cm³/mol. The van der Waals surface area contributed by atoms with E-state index in [1.807, 2.05) is 37.3 Å². The molecule has 12 heteroatoms. The van der Waals surface area contributed by atoms with Crippen LogP contribution in [0.3, 0.4) is 0 Å². The Hall–Kier alpha value is -4.03. The molecule has 0 radical (unpaired) electrons. The summed E-state index contributed by atoms with van der Waals surface area (Å²) < 4.78 is 38.6. The number of thioether (sulfide) groups is 1. The number of hydrogen-bond acceptors (Lipinski definition) is 9. The number of nitrogens with zero attached hydrogens (tertiary/aromatic N) is 1. The van der Waals surface area contributed by atoms with Crippen molar-refractivity contribution in [3.8, 4) is 0 Å². The number of carbonyl (C=O) groups excluding carboxylic acids is 2. The van der Waals surface area contributed by atoms with Crippen LogP contribution in [0.4, 0.5) is 11.4 Å². The molecule has 3 aromatic rings. The number of aromatic nitrogens is 1. The first-order chi connectivity index (χ1) is 18.8. The minimum atomic E-state index is -3.55. The van der Waals surface area contributed by atoms with Crippen molar-refractivity contribution in [1.29, 1.82) is 0 Å². The van der Waals surface area contributed by atoms with Crippen LogP contribution in [-0.2, 0) is 28.9 Å². The van der Waals surface area contributed by atoms with Gasteiger partial charge < -0.3 is 24.5 Å². The van der Waals surface area contributed by atoms with Gasteiger partial charge >= 0.3 is 0 Å². The van der Waals surface area contributed by atoms with Crippen molar-refractivity contribution >= 4 is 44.8 Å². The number of para-hydroxylation sites is 2. The highest BCUT2D eigenvalue weighted by Crippen LogP contribution is 2.26. The molecule has 2 amide bonds. The van der Waals surface area contributed by atoms with E-state index in [2.05, 4.69) is 20.0 Å². The summed E-state index contributed by atoms with van der Waals surface area (Å²) in [5, 5.41) is 5.39. The third-order valence-electron chi connectivity index (χ3n) is 5.09. The van der Waals surface area contributed by atoms with Crippen LogP contribution in [-0.4, -0.2) is 49.9 Å². The van der Waals surface area contributed by atoms with Gasteiger partial charge in [0.15, 0.2) is 21.1 Å². The lowest BCUT2D eigenvalue weighted by molar-refractivity contribution is -0.113. The molecule has 1 aromatic heterocycles. The van der Waals surface area contributed by atoms with Gasteiger partial charge in [0.2, 0.25) is 0 Å². The fourth-order valence-corrected chi connectivity index (χ4v) is 5.47. The normalized spacial score (nSPS) is 15.7. The van der Waals surface area contributed by atoms with Crippen molar-refractivity contribution in [3.63, 3.8) is 0 Å². The van der Waals surface area contributed by atoms with Gasteiger partial charge in [0.05, 0.1) is 18.6 Å². The second kappa shape index (κ2) is 14.8. The largest absolute Gasteiger partial charge is 0.496 e. The van der Waals surface area contributed by atoms with E-state index in [-0.39, 0.29) is 28.9 Å². The van der Waals surface area contributed by atoms with Crippen molar-refractivity contribution < 1.29 is 31.9 Å². The van der Waals surface area contributed by atoms with Crippen LogP contribution in [0.2, 0.25) is 0 Å². The van der Waals surface area contributed by atoms with Crippen molar-refractivity contribution in [1.82, 2.24) is 4.98 Å². The van der Waals surface area contributed by atoms with Crippen LogP contribution in [0.1, 0.15) is 13.8 Å². The molecule has 0 bridgehead atoms. The Morgan fingerprint density at radius 3 is 1.92 bits per heavy atom. The van der Waals surface area contributed by atoms with Crippen LogP contribution in [0.5, 0.6) is 0 Å². The summed E-state index contributed by atoms with van der Waals surface area (Å²) in [6.45, 7) is 4.08. The van der Waals surface area contributed by atoms with Crippen LogP contribution in [0.15, 0.2) is 105 Å². The summed E-state index contributed by atoms with van der Waals surface area (Å²) in [6.07, 6.45) is 4.47. The molecule has 5 rings (SSSR count). The van der Waals surface area contributed by atoms with E-state index in [0.717, 1.165) is 11.4 Å². The van der Waals surface area contributed by atoms with Gasteiger partial charge in [0.25, 0.3) is 11.8 Å². The summed E-state index contributed by atoms with van der Waals surface area (Å²) in [6, 6.07) is 18.1. The number of anilines is 2. The van der Waals surface area contributed by atoms with Gasteiger partial charge in [-0.1, -0.05) is 36.4 Å². The van der Waals surface area contributed by atoms with Gasteiger partial charge in [-0.25, -0.2) is 13.4 Å². The van der Waals surface area contributed by atoms with Crippen LogP contribution in [0.25, 0.3) is 0 Å². The zero-order valence-electron chi connectivity index (χ0n) is 21.5. The minimum absolute atomic E-state index is 0.0894. The summed E-state index contributed by atoms with van der Waals surface area (Å²) in [5.74, 6) is 0.780. The van der Waals surface area contributed by atoms with Crippen LogP contribution >= 0.6 is 11.8 Å². The SMILES string of the molecule is CC1=C(C(=O)Nc2ccccc2)S(=O)(=O)CCO1.CC1=C(C(=O)Nc2ccccc2)SCCO1.c1cocn1. The maximum Gasteiger partial charge on any atom is 0.270 e. The molecule has 2 N–H and O–H groups in total. The van der Waals surface area contributed by atoms with Gasteiger partial charge in [-0.05, 0) is 38.1 Å². The first kappa shape index (κ1) is 29.5. The van der Waals surface area contributed by atoms with Gasteiger partial charge in [0, 0.05) is 17.1 Å². The highest BCUT2D eigenvalue weighted by Gasteiger charge is 2.32. The van der Waals surface area contributed by atoms with E-state index in [1.54, 1.807) is 48.3 Å². The minimum Gasteiger partial charge on any atom is -0.496 e. The first-order valence-electron chi connectivity index (χ1n) is 11.9. The summed E-state index contributed by atoms with van der Waals surface area (Å²) in [7, 11) is -3.55. The number of benzene rings is 2. The number of carbonyl (C=O) groups is 2. The molecule has 3 heterocycles. The Balaban J connectivity index is 0.000000184. The number of amides is 2. The lowest BCUT2D eigenvalue weighted by atomic mass is 10.3. The monoisotopic (exact) mass is 571 g/mol. The molecular weight excluding hydrogens is 542 g/mol. The van der Waals surface area contributed by atoms with E-state index in [9.17, 15) is 18.0 Å². The number of rotatable bonds is 4. The molecule has 2 aromatic carbocycles. The zero-order valence-corrected chi connectivity index (χ0v) is 23.1. The molecule has 0 fully saturated rings. The van der Waals surface area contributed by atoms with Crippen LogP contribution < -0.4 is 10.6 Å². The lowest BCUT2D eigenvalue weighted by Crippen LogP contribution is -2.29. The van der Waals surface area contributed by atoms with E-state index in [4.69, 9.17) is 9.47 Å². The third kappa shape index (κ3) is 9.34. The quantitative estimate of drug-likeness (QED) is 0.460. The number of allylic oxidation sites excluding steroid dienone is 2. The maximum atomic E-state index is 12.0. The molecule has 2 aliphatic rings. The molecular formula is C27H29N3O7S2. The Labute approximate surface area is 231 Å². The Bertz CT molecular complexity index is 1370. The van der Waals surface area contributed by atoms with Gasteiger partial charge in [0.1, 0.15) is 29.3 Å². The topological polar surface area (TPSA) is 137 Å². The molecule has 0 saturated heterocycles. The van der Waals surface area contributed by atoms with Crippen molar-refractivity contribution in [2.45, 2.75) is 13.8 Å². The molecule has 0 unspecified atom stereocenters. The van der Waals surface area contributed by atoms with Crippen LogP contribution in [0, 0.1) is 0 Å². The lowest BCUT2D eigenvalue weighted by Gasteiger charge is -2.18. The Kier molecular flexibility index (Phi) is 11.2. The fraction of sp³-hybridized carbons (Fsp3) is 0.222. The first-order valence-corrected chi connectivity index (χ1v) is 14.5. The molecule has 0 atom stereocenters. The standard InChI is InChI=1S/C12H13NO4S.C12H13NO2S.C3H3NO/c1-9-11(18(15,16)8-7-17-9)12(14)13-10-5-3-2-4-6-10;1-9-11(16-8-7-15-9)12(14)13-10-5-3-2-4-6-10;1-2-5-3-4-1/h2-6H,7-8H2,1H3,(H,13,14);2-6H,7-8H2,1H3,(H,13,14);1-3H. The average Bonchev–Trinajstić information content (AvgIpc) is 3.50. The molecule has 0 saturated carbocycles. The summed E-state index contributed by atoms with van der Waals surface area (Å²) in [5.41, 5.74) is 1.35. The molecule has 2 aliphatic heterocycles. The number of ether oxygens (including phenoxy) is 2.